The molecule has 1 heterocycles. The maximum absolute atomic E-state index is 13.0. The van der Waals surface area contributed by atoms with Crippen LogP contribution in [0.15, 0.2) is 60.7 Å². The Hall–Kier alpha value is -3.21. The Morgan fingerprint density at radius 3 is 2.31 bits per heavy atom. The third-order valence-corrected chi connectivity index (χ3v) is 5.22. The molecule has 5 heteroatoms. The first-order valence-corrected chi connectivity index (χ1v) is 10.0. The molecule has 1 aliphatic rings. The third kappa shape index (κ3) is 4.62. The smallest absolute Gasteiger partial charge is 0.264 e. The summed E-state index contributed by atoms with van der Waals surface area (Å²) in [6, 6.07) is 19.6. The fourth-order valence-corrected chi connectivity index (χ4v) is 3.19. The summed E-state index contributed by atoms with van der Waals surface area (Å²) in [6.45, 7) is 4.54. The van der Waals surface area contributed by atoms with Crippen molar-refractivity contribution in [1.82, 2.24) is 9.97 Å². The van der Waals surface area contributed by atoms with Crippen molar-refractivity contribution in [3.8, 4) is 17.3 Å². The number of amides is 1. The number of nitrogens with zero attached hydrogens (tertiary/aromatic N) is 3. The third-order valence-electron chi connectivity index (χ3n) is 5.22. The molecule has 0 N–H and O–H groups in total. The molecule has 0 aliphatic heterocycles. The quantitative estimate of drug-likeness (QED) is 0.595. The van der Waals surface area contributed by atoms with Crippen LogP contribution in [-0.4, -0.2) is 29.0 Å². The second-order valence-electron chi connectivity index (χ2n) is 7.50. The zero-order valence-corrected chi connectivity index (χ0v) is 16.8. The summed E-state index contributed by atoms with van der Waals surface area (Å²) < 4.78 is 5.90. The van der Waals surface area contributed by atoms with Crippen LogP contribution in [0.4, 0.5) is 5.69 Å². The second kappa shape index (κ2) is 8.43. The largest absolute Gasteiger partial charge is 0.467 e. The number of rotatable bonds is 7. The van der Waals surface area contributed by atoms with E-state index in [0.717, 1.165) is 29.1 Å². The zero-order chi connectivity index (χ0) is 20.2. The molecule has 2 aromatic carbocycles. The summed E-state index contributed by atoms with van der Waals surface area (Å²) in [5.41, 5.74) is 3.53. The van der Waals surface area contributed by atoms with Crippen molar-refractivity contribution < 1.29 is 9.53 Å². The average Bonchev–Trinajstić information content (AvgIpc) is 3.58. The molecule has 1 aliphatic carbocycles. The van der Waals surface area contributed by atoms with Gasteiger partial charge < -0.3 is 9.64 Å². The van der Waals surface area contributed by atoms with E-state index in [1.54, 1.807) is 0 Å². The number of carbonyl (C=O) groups is 1. The molecule has 148 valence electrons. The van der Waals surface area contributed by atoms with E-state index in [9.17, 15) is 4.79 Å². The highest BCUT2D eigenvalue weighted by Crippen LogP contribution is 2.31. The maximum Gasteiger partial charge on any atom is 0.264 e. The highest BCUT2D eigenvalue weighted by Gasteiger charge is 2.28. The lowest BCUT2D eigenvalue weighted by molar-refractivity contribution is -0.120. The fraction of sp³-hybridized carbons (Fsp3) is 0.292. The van der Waals surface area contributed by atoms with Crippen molar-refractivity contribution in [1.29, 1.82) is 0 Å². The van der Waals surface area contributed by atoms with Crippen LogP contribution in [0.2, 0.25) is 0 Å². The molecular weight excluding hydrogens is 362 g/mol. The van der Waals surface area contributed by atoms with E-state index in [-0.39, 0.29) is 12.5 Å². The summed E-state index contributed by atoms with van der Waals surface area (Å²) in [5.74, 6) is 1.60. The molecule has 5 nitrogen and oxygen atoms in total. The van der Waals surface area contributed by atoms with Gasteiger partial charge in [-0.25, -0.2) is 4.98 Å². The van der Waals surface area contributed by atoms with E-state index in [4.69, 9.17) is 4.74 Å². The number of hydrogen-bond donors (Lipinski definition) is 0. The number of ether oxygens (including phenoxy) is 1. The maximum atomic E-state index is 13.0. The van der Waals surface area contributed by atoms with Crippen LogP contribution in [0, 0.1) is 19.8 Å². The van der Waals surface area contributed by atoms with E-state index in [1.165, 1.54) is 12.8 Å². The Bertz CT molecular complexity index is 986. The SMILES string of the molecule is Cc1nc(-c2ccccc2)nc(OCC(=O)N(CC2CC2)c2ccccc2)c1C. The van der Waals surface area contributed by atoms with Crippen LogP contribution in [-0.2, 0) is 4.79 Å². The normalized spacial score (nSPS) is 13.2. The Morgan fingerprint density at radius 1 is 1.00 bits per heavy atom. The summed E-state index contributed by atoms with van der Waals surface area (Å²) in [4.78, 5) is 24.0. The Balaban J connectivity index is 1.52. The van der Waals surface area contributed by atoms with Gasteiger partial charge in [0.15, 0.2) is 12.4 Å². The lowest BCUT2D eigenvalue weighted by Gasteiger charge is -2.23. The topological polar surface area (TPSA) is 55.3 Å². The van der Waals surface area contributed by atoms with Gasteiger partial charge >= 0.3 is 0 Å². The lowest BCUT2D eigenvalue weighted by atomic mass is 10.2. The molecule has 0 unspecified atom stereocenters. The van der Waals surface area contributed by atoms with E-state index < -0.39 is 0 Å². The molecule has 0 atom stereocenters. The van der Waals surface area contributed by atoms with Gasteiger partial charge in [0.2, 0.25) is 5.88 Å². The van der Waals surface area contributed by atoms with E-state index in [0.29, 0.717) is 17.6 Å². The summed E-state index contributed by atoms with van der Waals surface area (Å²) in [6.07, 6.45) is 2.37. The van der Waals surface area contributed by atoms with Crippen LogP contribution >= 0.6 is 0 Å². The van der Waals surface area contributed by atoms with Crippen molar-refractivity contribution in [2.24, 2.45) is 5.92 Å². The van der Waals surface area contributed by atoms with Gasteiger partial charge in [-0.05, 0) is 44.7 Å². The first-order chi connectivity index (χ1) is 14.1. The van der Waals surface area contributed by atoms with Crippen molar-refractivity contribution in [3.63, 3.8) is 0 Å². The average molecular weight is 387 g/mol. The van der Waals surface area contributed by atoms with E-state index >= 15 is 0 Å². The molecule has 29 heavy (non-hydrogen) atoms. The van der Waals surface area contributed by atoms with Crippen LogP contribution in [0.5, 0.6) is 5.88 Å². The first kappa shape index (κ1) is 19.1. The highest BCUT2D eigenvalue weighted by molar-refractivity contribution is 5.94. The Kier molecular flexibility index (Phi) is 5.56. The molecule has 1 saturated carbocycles. The standard InChI is InChI=1S/C24H25N3O2/c1-17-18(2)25-23(20-9-5-3-6-10-20)26-24(17)29-16-22(28)27(15-19-13-14-19)21-11-7-4-8-12-21/h3-12,19H,13-16H2,1-2H3. The number of anilines is 1. The molecule has 1 amide bonds. The number of benzene rings is 2. The van der Waals surface area contributed by atoms with Crippen molar-refractivity contribution >= 4 is 11.6 Å². The van der Waals surface area contributed by atoms with Crippen LogP contribution in [0.25, 0.3) is 11.4 Å². The lowest BCUT2D eigenvalue weighted by Crippen LogP contribution is -2.36. The minimum Gasteiger partial charge on any atom is -0.467 e. The van der Waals surface area contributed by atoms with E-state index in [2.05, 4.69) is 9.97 Å². The molecule has 0 saturated heterocycles. The Labute approximate surface area is 171 Å². The van der Waals surface area contributed by atoms with Gasteiger partial charge in [0.05, 0.1) is 0 Å². The molecule has 1 aromatic heterocycles. The summed E-state index contributed by atoms with van der Waals surface area (Å²) >= 11 is 0. The van der Waals surface area contributed by atoms with Gasteiger partial charge in [0.25, 0.3) is 5.91 Å². The Morgan fingerprint density at radius 2 is 1.66 bits per heavy atom. The molecular formula is C24H25N3O2. The zero-order valence-electron chi connectivity index (χ0n) is 16.8. The second-order valence-corrected chi connectivity index (χ2v) is 7.50. The van der Waals surface area contributed by atoms with Gasteiger partial charge in [-0.15, -0.1) is 0 Å². The van der Waals surface area contributed by atoms with Gasteiger partial charge in [-0.3, -0.25) is 4.79 Å². The number of hydrogen-bond acceptors (Lipinski definition) is 4. The predicted octanol–water partition coefficient (Wildman–Crippen LogP) is 4.58. The highest BCUT2D eigenvalue weighted by atomic mass is 16.5. The minimum atomic E-state index is -0.0555. The van der Waals surface area contributed by atoms with Crippen molar-refractivity contribution in [3.05, 3.63) is 71.9 Å². The van der Waals surface area contributed by atoms with Crippen molar-refractivity contribution in [2.75, 3.05) is 18.1 Å². The molecule has 0 spiro atoms. The van der Waals surface area contributed by atoms with Gasteiger partial charge in [0, 0.05) is 29.1 Å². The monoisotopic (exact) mass is 387 g/mol. The van der Waals surface area contributed by atoms with Gasteiger partial charge in [-0.2, -0.15) is 4.98 Å². The fourth-order valence-electron chi connectivity index (χ4n) is 3.19. The number of para-hydroxylation sites is 1. The van der Waals surface area contributed by atoms with Gasteiger partial charge in [-0.1, -0.05) is 48.5 Å². The number of carbonyl (C=O) groups excluding carboxylic acids is 1. The van der Waals surface area contributed by atoms with Crippen LogP contribution in [0.1, 0.15) is 24.1 Å². The van der Waals surface area contributed by atoms with E-state index in [1.807, 2.05) is 79.4 Å². The molecule has 3 aromatic rings. The molecule has 0 bridgehead atoms. The number of aryl methyl sites for hydroxylation is 1. The molecule has 4 rings (SSSR count). The van der Waals surface area contributed by atoms with Crippen LogP contribution < -0.4 is 9.64 Å². The number of aromatic nitrogens is 2. The van der Waals surface area contributed by atoms with Gasteiger partial charge in [0.1, 0.15) is 0 Å². The van der Waals surface area contributed by atoms with Crippen LogP contribution in [0.3, 0.4) is 0 Å². The first-order valence-electron chi connectivity index (χ1n) is 10.0. The minimum absolute atomic E-state index is 0.0485. The summed E-state index contributed by atoms with van der Waals surface area (Å²) in [5, 5.41) is 0. The molecule has 0 radical (unpaired) electrons. The molecule has 1 fully saturated rings. The van der Waals surface area contributed by atoms with Crippen molar-refractivity contribution in [2.45, 2.75) is 26.7 Å². The summed E-state index contributed by atoms with van der Waals surface area (Å²) in [7, 11) is 0. The predicted molar refractivity (Wildman–Crippen MR) is 114 cm³/mol.